The number of nitrogen functional groups attached to an aromatic ring is 1. The Balaban J connectivity index is 1.54. The highest BCUT2D eigenvalue weighted by Gasteiger charge is 2.29. The molecule has 11 nitrogen and oxygen atoms in total. The molecule has 3 rings (SSSR count). The van der Waals surface area contributed by atoms with Crippen LogP contribution in [0.5, 0.6) is 0 Å². The topological polar surface area (TPSA) is 146 Å². The summed E-state index contributed by atoms with van der Waals surface area (Å²) in [6, 6.07) is 8.80. The van der Waals surface area contributed by atoms with Crippen LogP contribution in [0.2, 0.25) is 0 Å². The Hall–Kier alpha value is -3.89. The second-order valence-corrected chi connectivity index (χ2v) is 7.55. The summed E-state index contributed by atoms with van der Waals surface area (Å²) in [6.07, 6.45) is 0.776. The minimum Gasteiger partial charge on any atom is -0.457 e. The van der Waals surface area contributed by atoms with Crippen LogP contribution in [0.25, 0.3) is 0 Å². The summed E-state index contributed by atoms with van der Waals surface area (Å²) >= 11 is 0. The van der Waals surface area contributed by atoms with Crippen molar-refractivity contribution in [2.45, 2.75) is 12.8 Å². The van der Waals surface area contributed by atoms with Gasteiger partial charge in [0.1, 0.15) is 11.4 Å². The van der Waals surface area contributed by atoms with Crippen LogP contribution in [0.3, 0.4) is 0 Å². The summed E-state index contributed by atoms with van der Waals surface area (Å²) < 4.78 is 6.85. The van der Waals surface area contributed by atoms with E-state index in [0.717, 1.165) is 9.13 Å². The maximum absolute atomic E-state index is 12.5. The number of piperidine rings is 1. The van der Waals surface area contributed by atoms with E-state index in [0.29, 0.717) is 31.6 Å². The number of esters is 1. The number of hydrogen-bond acceptors (Lipinski definition) is 7. The number of carbonyl (C=O) groups excluding carboxylic acids is 3. The van der Waals surface area contributed by atoms with E-state index in [9.17, 15) is 24.0 Å². The molecule has 2 heterocycles. The molecule has 0 unspecified atom stereocenters. The molecule has 1 saturated heterocycles. The number of nitrogens with zero attached hydrogens (tertiary/aromatic N) is 3. The Bertz CT molecular complexity index is 1150. The van der Waals surface area contributed by atoms with Crippen molar-refractivity contribution < 1.29 is 19.1 Å². The SMILES string of the molecule is Cn1c(N)c(C(=O)COC(=O)C2CCN(C(=O)Nc3ccccc3)CC2)c(=O)n(C)c1=O. The number of para-hydroxylation sites is 1. The molecule has 0 spiro atoms. The highest BCUT2D eigenvalue weighted by molar-refractivity contribution is 6.01. The van der Waals surface area contributed by atoms with E-state index >= 15 is 0 Å². The molecule has 3 N–H and O–H groups in total. The number of nitrogens with one attached hydrogen (secondary N) is 1. The first-order valence-electron chi connectivity index (χ1n) is 10.1. The van der Waals surface area contributed by atoms with E-state index < -0.39 is 41.1 Å². The van der Waals surface area contributed by atoms with Crippen LogP contribution in [-0.2, 0) is 23.6 Å². The fourth-order valence-corrected chi connectivity index (χ4v) is 3.49. The maximum atomic E-state index is 12.5. The molecule has 170 valence electrons. The fourth-order valence-electron chi connectivity index (χ4n) is 3.49. The lowest BCUT2D eigenvalue weighted by Crippen LogP contribution is -2.43. The number of Topliss-reactive ketones (excluding diaryl/α,β-unsaturated/α-hetero) is 1. The molecule has 0 saturated carbocycles. The van der Waals surface area contributed by atoms with Gasteiger partial charge in [0, 0.05) is 32.9 Å². The van der Waals surface area contributed by atoms with Gasteiger partial charge in [0.25, 0.3) is 5.56 Å². The van der Waals surface area contributed by atoms with Crippen molar-refractivity contribution in [2.24, 2.45) is 20.0 Å². The van der Waals surface area contributed by atoms with Gasteiger partial charge in [-0.1, -0.05) is 18.2 Å². The zero-order valence-electron chi connectivity index (χ0n) is 17.9. The zero-order valence-corrected chi connectivity index (χ0v) is 17.9. The van der Waals surface area contributed by atoms with Gasteiger partial charge in [-0.05, 0) is 25.0 Å². The number of ketones is 1. The van der Waals surface area contributed by atoms with Crippen LogP contribution < -0.4 is 22.3 Å². The van der Waals surface area contributed by atoms with Gasteiger partial charge in [0.05, 0.1) is 5.92 Å². The molecular weight excluding hydrogens is 418 g/mol. The van der Waals surface area contributed by atoms with E-state index in [1.807, 2.05) is 18.2 Å². The molecule has 0 atom stereocenters. The molecule has 0 bridgehead atoms. The predicted molar refractivity (Wildman–Crippen MR) is 116 cm³/mol. The monoisotopic (exact) mass is 443 g/mol. The van der Waals surface area contributed by atoms with Crippen molar-refractivity contribution in [1.29, 1.82) is 0 Å². The van der Waals surface area contributed by atoms with Crippen molar-refractivity contribution in [3.05, 3.63) is 56.7 Å². The number of urea groups is 1. The molecule has 1 aromatic heterocycles. The number of benzene rings is 1. The summed E-state index contributed by atoms with van der Waals surface area (Å²) in [7, 11) is 2.57. The molecule has 1 fully saturated rings. The summed E-state index contributed by atoms with van der Waals surface area (Å²) in [6.45, 7) is 0.0620. The van der Waals surface area contributed by atoms with Gasteiger partial charge in [0.2, 0.25) is 5.78 Å². The van der Waals surface area contributed by atoms with E-state index in [4.69, 9.17) is 10.5 Å². The van der Waals surface area contributed by atoms with Crippen LogP contribution in [0.4, 0.5) is 16.3 Å². The first-order chi connectivity index (χ1) is 15.2. The summed E-state index contributed by atoms with van der Waals surface area (Å²) in [4.78, 5) is 62.9. The lowest BCUT2D eigenvalue weighted by Gasteiger charge is -2.30. The molecule has 2 amide bonds. The third-order valence-corrected chi connectivity index (χ3v) is 5.47. The van der Waals surface area contributed by atoms with Crippen molar-refractivity contribution >= 4 is 29.3 Å². The molecule has 1 aliphatic rings. The third-order valence-electron chi connectivity index (χ3n) is 5.47. The normalized spacial score (nSPS) is 14.1. The highest BCUT2D eigenvalue weighted by atomic mass is 16.5. The highest BCUT2D eigenvalue weighted by Crippen LogP contribution is 2.20. The van der Waals surface area contributed by atoms with Gasteiger partial charge < -0.3 is 20.7 Å². The quantitative estimate of drug-likeness (QED) is 0.500. The molecule has 1 aromatic carbocycles. The summed E-state index contributed by atoms with van der Waals surface area (Å²) in [5, 5.41) is 2.80. The second kappa shape index (κ2) is 9.50. The second-order valence-electron chi connectivity index (χ2n) is 7.55. The van der Waals surface area contributed by atoms with Crippen LogP contribution in [0.15, 0.2) is 39.9 Å². The molecule has 0 aliphatic carbocycles. The zero-order chi connectivity index (χ0) is 23.4. The van der Waals surface area contributed by atoms with Gasteiger partial charge in [-0.25, -0.2) is 9.59 Å². The Kier molecular flexibility index (Phi) is 6.76. The minimum absolute atomic E-state index is 0.251. The number of hydrogen-bond donors (Lipinski definition) is 2. The Morgan fingerprint density at radius 3 is 2.31 bits per heavy atom. The van der Waals surface area contributed by atoms with Gasteiger partial charge in [0.15, 0.2) is 6.61 Å². The van der Waals surface area contributed by atoms with E-state index in [-0.39, 0.29) is 11.8 Å². The number of amides is 2. The first kappa shape index (κ1) is 22.8. The van der Waals surface area contributed by atoms with Gasteiger partial charge >= 0.3 is 17.7 Å². The average molecular weight is 443 g/mol. The number of anilines is 2. The Morgan fingerprint density at radius 1 is 1.06 bits per heavy atom. The lowest BCUT2D eigenvalue weighted by atomic mass is 9.97. The van der Waals surface area contributed by atoms with Crippen LogP contribution in [0, 0.1) is 5.92 Å². The number of ether oxygens (including phenoxy) is 1. The van der Waals surface area contributed by atoms with Gasteiger partial charge in [-0.2, -0.15) is 0 Å². The lowest BCUT2D eigenvalue weighted by molar-refractivity contribution is -0.148. The first-order valence-corrected chi connectivity index (χ1v) is 10.1. The van der Waals surface area contributed by atoms with Crippen molar-refractivity contribution in [3.8, 4) is 0 Å². The number of rotatable bonds is 5. The number of nitrogens with two attached hydrogens (primary N) is 1. The molecular formula is C21H25N5O6. The van der Waals surface area contributed by atoms with Crippen LogP contribution in [0.1, 0.15) is 23.2 Å². The summed E-state index contributed by atoms with van der Waals surface area (Å²) in [5.74, 6) is -2.12. The number of aromatic nitrogens is 2. The average Bonchev–Trinajstić information content (AvgIpc) is 2.80. The number of carbonyl (C=O) groups is 3. The maximum Gasteiger partial charge on any atom is 0.332 e. The smallest absolute Gasteiger partial charge is 0.332 e. The molecule has 0 radical (unpaired) electrons. The van der Waals surface area contributed by atoms with Crippen molar-refractivity contribution in [3.63, 3.8) is 0 Å². The minimum atomic E-state index is -0.843. The van der Waals surface area contributed by atoms with Crippen molar-refractivity contribution in [1.82, 2.24) is 14.0 Å². The third kappa shape index (κ3) is 4.71. The van der Waals surface area contributed by atoms with E-state index in [1.54, 1.807) is 17.0 Å². The Labute approximate surface area is 183 Å². The van der Waals surface area contributed by atoms with Crippen molar-refractivity contribution in [2.75, 3.05) is 30.7 Å². The van der Waals surface area contributed by atoms with E-state index in [2.05, 4.69) is 5.32 Å². The van der Waals surface area contributed by atoms with Crippen LogP contribution >= 0.6 is 0 Å². The molecule has 11 heteroatoms. The standard InChI is InChI=1S/C21H25N5O6/c1-24-17(22)16(18(28)25(2)21(24)31)15(27)12-32-19(29)13-8-10-26(11-9-13)20(30)23-14-6-4-3-5-7-14/h3-7,13H,8-12,22H2,1-2H3,(H,23,30). The fraction of sp³-hybridized carbons (Fsp3) is 0.381. The molecule has 1 aliphatic heterocycles. The number of likely N-dealkylation sites (tertiary alicyclic amines) is 1. The summed E-state index contributed by atoms with van der Waals surface area (Å²) in [5.41, 5.74) is 4.53. The molecule has 32 heavy (non-hydrogen) atoms. The molecule has 2 aromatic rings. The predicted octanol–water partition coefficient (Wildman–Crippen LogP) is 0.336. The largest absolute Gasteiger partial charge is 0.457 e. The van der Waals surface area contributed by atoms with E-state index in [1.165, 1.54) is 14.1 Å². The van der Waals surface area contributed by atoms with Gasteiger partial charge in [-0.3, -0.25) is 23.5 Å². The Morgan fingerprint density at radius 2 is 1.69 bits per heavy atom. The van der Waals surface area contributed by atoms with Crippen LogP contribution in [-0.4, -0.2) is 51.5 Å². The van der Waals surface area contributed by atoms with Gasteiger partial charge in [-0.15, -0.1) is 0 Å².